The van der Waals surface area contributed by atoms with Crippen molar-refractivity contribution >= 4 is 5.78 Å². The van der Waals surface area contributed by atoms with Gasteiger partial charge in [0.1, 0.15) is 0 Å². The lowest BCUT2D eigenvalue weighted by Crippen LogP contribution is -2.09. The van der Waals surface area contributed by atoms with Gasteiger partial charge in [-0.05, 0) is 27.2 Å². The Morgan fingerprint density at radius 3 is 2.71 bits per heavy atom. The predicted octanol–water partition coefficient (Wildman–Crippen LogP) is 2.76. The molecule has 0 amide bonds. The van der Waals surface area contributed by atoms with Gasteiger partial charge in [0.15, 0.2) is 5.78 Å². The molecule has 3 heteroatoms. The maximum absolute atomic E-state index is 11.2. The summed E-state index contributed by atoms with van der Waals surface area (Å²) in [6.45, 7) is 7.82. The van der Waals surface area contributed by atoms with E-state index >= 15 is 0 Å². The van der Waals surface area contributed by atoms with E-state index in [9.17, 15) is 4.79 Å². The highest BCUT2D eigenvalue weighted by Crippen LogP contribution is 2.17. The van der Waals surface area contributed by atoms with Gasteiger partial charge in [-0.2, -0.15) is 5.10 Å². The fourth-order valence-corrected chi connectivity index (χ4v) is 1.75. The van der Waals surface area contributed by atoms with E-state index in [0.29, 0.717) is 6.04 Å². The molecule has 0 aromatic carbocycles. The molecule has 0 saturated heterocycles. The van der Waals surface area contributed by atoms with Crippen LogP contribution in [0.15, 0.2) is 6.20 Å². The number of carbonyl (C=O) groups is 1. The number of ketones is 1. The van der Waals surface area contributed by atoms with Gasteiger partial charge in [0.05, 0.1) is 11.8 Å². The monoisotopic (exact) mass is 194 g/mol. The first-order chi connectivity index (χ1) is 6.57. The van der Waals surface area contributed by atoms with Crippen LogP contribution in [0.5, 0.6) is 0 Å². The Labute approximate surface area is 85.1 Å². The summed E-state index contributed by atoms with van der Waals surface area (Å²) < 4.78 is 1.94. The molecule has 0 radical (unpaired) electrons. The summed E-state index contributed by atoms with van der Waals surface area (Å²) in [6, 6.07) is 0.382. The van der Waals surface area contributed by atoms with Crippen molar-refractivity contribution in [2.45, 2.75) is 46.6 Å². The van der Waals surface area contributed by atoms with Gasteiger partial charge in [-0.25, -0.2) is 0 Å². The fraction of sp³-hybridized carbons (Fsp3) is 0.636. The van der Waals surface area contributed by atoms with Crippen molar-refractivity contribution in [3.63, 3.8) is 0 Å². The van der Waals surface area contributed by atoms with Gasteiger partial charge in [0.2, 0.25) is 0 Å². The second-order valence-corrected chi connectivity index (χ2v) is 3.78. The van der Waals surface area contributed by atoms with Crippen molar-refractivity contribution < 1.29 is 4.79 Å². The minimum absolute atomic E-state index is 0.0949. The van der Waals surface area contributed by atoms with E-state index < -0.39 is 0 Å². The van der Waals surface area contributed by atoms with E-state index in [4.69, 9.17) is 0 Å². The van der Waals surface area contributed by atoms with Crippen LogP contribution in [0.3, 0.4) is 0 Å². The van der Waals surface area contributed by atoms with Gasteiger partial charge >= 0.3 is 0 Å². The Morgan fingerprint density at radius 1 is 1.64 bits per heavy atom. The number of carbonyl (C=O) groups excluding carboxylic acids is 1. The van der Waals surface area contributed by atoms with Gasteiger partial charge in [0, 0.05) is 11.7 Å². The molecule has 1 heterocycles. The highest BCUT2D eigenvalue weighted by molar-refractivity contribution is 5.94. The van der Waals surface area contributed by atoms with E-state index in [2.05, 4.69) is 18.9 Å². The average molecular weight is 194 g/mol. The summed E-state index contributed by atoms with van der Waals surface area (Å²) in [5.74, 6) is 0.0949. The molecule has 14 heavy (non-hydrogen) atoms. The van der Waals surface area contributed by atoms with Crippen LogP contribution in [0.2, 0.25) is 0 Å². The van der Waals surface area contributed by atoms with Crippen LogP contribution in [-0.2, 0) is 0 Å². The Bertz CT molecular complexity index is 328. The third kappa shape index (κ3) is 2.03. The van der Waals surface area contributed by atoms with Crippen LogP contribution in [0, 0.1) is 6.92 Å². The lowest BCUT2D eigenvalue weighted by Gasteiger charge is -2.13. The van der Waals surface area contributed by atoms with E-state index in [1.54, 1.807) is 13.1 Å². The summed E-state index contributed by atoms with van der Waals surface area (Å²) in [4.78, 5) is 11.2. The minimum Gasteiger partial charge on any atom is -0.294 e. The van der Waals surface area contributed by atoms with Crippen LogP contribution in [-0.4, -0.2) is 15.6 Å². The van der Waals surface area contributed by atoms with Gasteiger partial charge in [0.25, 0.3) is 0 Å². The largest absolute Gasteiger partial charge is 0.294 e. The summed E-state index contributed by atoms with van der Waals surface area (Å²) >= 11 is 0. The molecule has 78 valence electrons. The zero-order valence-corrected chi connectivity index (χ0v) is 9.37. The summed E-state index contributed by atoms with van der Waals surface area (Å²) in [5, 5.41) is 4.25. The van der Waals surface area contributed by atoms with Gasteiger partial charge in [-0.3, -0.25) is 9.48 Å². The molecule has 1 unspecified atom stereocenters. The molecule has 0 aliphatic carbocycles. The first kappa shape index (κ1) is 11.0. The molecule has 1 aromatic rings. The van der Waals surface area contributed by atoms with Crippen LogP contribution in [0.1, 0.15) is 55.7 Å². The highest BCUT2D eigenvalue weighted by atomic mass is 16.1. The molecule has 0 saturated carbocycles. The van der Waals surface area contributed by atoms with Crippen molar-refractivity contribution in [1.82, 2.24) is 9.78 Å². The van der Waals surface area contributed by atoms with E-state index in [1.165, 1.54) is 0 Å². The third-order valence-corrected chi connectivity index (χ3v) is 2.55. The molecule has 3 nitrogen and oxygen atoms in total. The summed E-state index contributed by atoms with van der Waals surface area (Å²) in [6.07, 6.45) is 3.90. The lowest BCUT2D eigenvalue weighted by atomic mass is 10.1. The lowest BCUT2D eigenvalue weighted by molar-refractivity contribution is 0.101. The second-order valence-electron chi connectivity index (χ2n) is 3.78. The van der Waals surface area contributed by atoms with Crippen molar-refractivity contribution in [3.05, 3.63) is 17.5 Å². The van der Waals surface area contributed by atoms with E-state index in [0.717, 1.165) is 24.1 Å². The van der Waals surface area contributed by atoms with E-state index in [1.807, 2.05) is 11.6 Å². The molecular formula is C11H18N2O. The first-order valence-electron chi connectivity index (χ1n) is 5.13. The zero-order chi connectivity index (χ0) is 10.7. The van der Waals surface area contributed by atoms with Gasteiger partial charge in [-0.1, -0.05) is 13.3 Å². The van der Waals surface area contributed by atoms with Crippen LogP contribution >= 0.6 is 0 Å². The van der Waals surface area contributed by atoms with Crippen molar-refractivity contribution in [2.75, 3.05) is 0 Å². The number of aromatic nitrogens is 2. The van der Waals surface area contributed by atoms with Crippen LogP contribution in [0.4, 0.5) is 0 Å². The predicted molar refractivity (Wildman–Crippen MR) is 56.6 cm³/mol. The number of hydrogen-bond donors (Lipinski definition) is 0. The summed E-state index contributed by atoms with van der Waals surface area (Å²) in [7, 11) is 0. The summed E-state index contributed by atoms with van der Waals surface area (Å²) in [5.41, 5.74) is 1.73. The number of rotatable bonds is 4. The fourth-order valence-electron chi connectivity index (χ4n) is 1.75. The molecular weight excluding hydrogens is 176 g/mol. The standard InChI is InChI=1S/C11H18N2O/c1-5-6-8(2)13-9(3)11(7-12-13)10(4)14/h7-8H,5-6H2,1-4H3. The third-order valence-electron chi connectivity index (χ3n) is 2.55. The topological polar surface area (TPSA) is 34.9 Å². The van der Waals surface area contributed by atoms with Crippen LogP contribution in [0.25, 0.3) is 0 Å². The SMILES string of the molecule is CCCC(C)n1ncc(C(C)=O)c1C. The molecule has 1 atom stereocenters. The second kappa shape index (κ2) is 4.40. The zero-order valence-electron chi connectivity index (χ0n) is 9.37. The first-order valence-corrected chi connectivity index (χ1v) is 5.13. The van der Waals surface area contributed by atoms with Crippen LogP contribution < -0.4 is 0 Å². The number of hydrogen-bond acceptors (Lipinski definition) is 2. The highest BCUT2D eigenvalue weighted by Gasteiger charge is 2.13. The Kier molecular flexibility index (Phi) is 3.44. The van der Waals surface area contributed by atoms with Gasteiger partial charge in [-0.15, -0.1) is 0 Å². The molecule has 0 aliphatic rings. The quantitative estimate of drug-likeness (QED) is 0.691. The Hall–Kier alpha value is -1.12. The number of nitrogens with zero attached hydrogens (tertiary/aromatic N) is 2. The molecule has 1 rings (SSSR count). The Morgan fingerprint density at radius 2 is 2.29 bits per heavy atom. The van der Waals surface area contributed by atoms with Gasteiger partial charge < -0.3 is 0 Å². The Balaban J connectivity index is 2.94. The molecule has 0 aliphatic heterocycles. The average Bonchev–Trinajstić information content (AvgIpc) is 2.47. The maximum atomic E-state index is 11.2. The number of Topliss-reactive ketones (excluding diaryl/α,β-unsaturated/α-hetero) is 1. The van der Waals surface area contributed by atoms with Crippen molar-refractivity contribution in [1.29, 1.82) is 0 Å². The molecule has 0 spiro atoms. The van der Waals surface area contributed by atoms with E-state index in [-0.39, 0.29) is 5.78 Å². The smallest absolute Gasteiger partial charge is 0.163 e. The van der Waals surface area contributed by atoms with Crippen molar-refractivity contribution in [2.24, 2.45) is 0 Å². The minimum atomic E-state index is 0.0949. The molecule has 0 N–H and O–H groups in total. The maximum Gasteiger partial charge on any atom is 0.163 e. The molecule has 0 fully saturated rings. The van der Waals surface area contributed by atoms with Crippen molar-refractivity contribution in [3.8, 4) is 0 Å². The molecule has 1 aromatic heterocycles. The molecule has 0 bridgehead atoms. The normalized spacial score (nSPS) is 12.9.